The van der Waals surface area contributed by atoms with Gasteiger partial charge in [-0.2, -0.15) is 0 Å². The lowest BCUT2D eigenvalue weighted by molar-refractivity contribution is -0.137. The van der Waals surface area contributed by atoms with E-state index in [-0.39, 0.29) is 12.3 Å². The van der Waals surface area contributed by atoms with Gasteiger partial charge in [0.25, 0.3) is 0 Å². The zero-order chi connectivity index (χ0) is 15.2. The summed E-state index contributed by atoms with van der Waals surface area (Å²) >= 11 is 0. The van der Waals surface area contributed by atoms with Crippen LogP contribution >= 0.6 is 0 Å². The minimum atomic E-state index is -0.841. The van der Waals surface area contributed by atoms with Crippen LogP contribution in [0.4, 0.5) is 0 Å². The van der Waals surface area contributed by atoms with Gasteiger partial charge in [-0.15, -0.1) is 0 Å². The highest BCUT2D eigenvalue weighted by Gasteiger charge is 2.21. The Kier molecular flexibility index (Phi) is 5.74. The molecular weight excluding hydrogens is 254 g/mol. The molecule has 0 bridgehead atoms. The number of rotatable bonds is 7. The van der Waals surface area contributed by atoms with Crippen molar-refractivity contribution in [3.63, 3.8) is 0 Å². The van der Waals surface area contributed by atoms with Crippen LogP contribution < -0.4 is 5.32 Å². The monoisotopic (exact) mass is 277 g/mol. The second-order valence-electron chi connectivity index (χ2n) is 5.75. The predicted molar refractivity (Wildman–Crippen MR) is 78.6 cm³/mol. The summed E-state index contributed by atoms with van der Waals surface area (Å²) in [6, 6.07) is 8.01. The highest BCUT2D eigenvalue weighted by molar-refractivity contribution is 5.77. The van der Waals surface area contributed by atoms with E-state index >= 15 is 0 Å². The van der Waals surface area contributed by atoms with E-state index < -0.39 is 11.5 Å². The molecule has 0 aliphatic carbocycles. The van der Waals surface area contributed by atoms with Crippen LogP contribution in [0.15, 0.2) is 24.3 Å². The lowest BCUT2D eigenvalue weighted by Crippen LogP contribution is -2.43. The Morgan fingerprint density at radius 2 is 1.85 bits per heavy atom. The standard InChI is InChI=1S/C16H23NO3/c1-12-6-4-5-7-13(12)8-9-14(18)17-16(2,3)11-10-15(19)20/h4-7H,8-11H2,1-3H3,(H,17,18)(H,19,20). The zero-order valence-electron chi connectivity index (χ0n) is 12.4. The highest BCUT2D eigenvalue weighted by atomic mass is 16.4. The molecule has 0 aromatic heterocycles. The zero-order valence-corrected chi connectivity index (χ0v) is 12.4. The second-order valence-corrected chi connectivity index (χ2v) is 5.75. The maximum absolute atomic E-state index is 11.9. The number of benzene rings is 1. The van der Waals surface area contributed by atoms with Crippen molar-refractivity contribution in [1.29, 1.82) is 0 Å². The average Bonchev–Trinajstić information content (AvgIpc) is 2.35. The van der Waals surface area contributed by atoms with Gasteiger partial charge in [0, 0.05) is 18.4 Å². The van der Waals surface area contributed by atoms with E-state index in [1.165, 1.54) is 11.1 Å². The van der Waals surface area contributed by atoms with Gasteiger partial charge in [-0.05, 0) is 44.7 Å². The number of hydrogen-bond acceptors (Lipinski definition) is 2. The normalized spacial score (nSPS) is 11.2. The molecule has 0 aliphatic heterocycles. The van der Waals surface area contributed by atoms with E-state index in [0.29, 0.717) is 19.3 Å². The molecule has 0 radical (unpaired) electrons. The van der Waals surface area contributed by atoms with Crippen molar-refractivity contribution in [2.24, 2.45) is 0 Å². The van der Waals surface area contributed by atoms with Crippen LogP contribution in [0.5, 0.6) is 0 Å². The fraction of sp³-hybridized carbons (Fsp3) is 0.500. The largest absolute Gasteiger partial charge is 0.481 e. The Hall–Kier alpha value is -1.84. The van der Waals surface area contributed by atoms with Crippen LogP contribution in [0.3, 0.4) is 0 Å². The van der Waals surface area contributed by atoms with Gasteiger partial charge in [-0.25, -0.2) is 0 Å². The fourth-order valence-corrected chi connectivity index (χ4v) is 2.06. The number of carboxylic acid groups (broad SMARTS) is 1. The van der Waals surface area contributed by atoms with Gasteiger partial charge in [0.15, 0.2) is 0 Å². The molecule has 0 spiro atoms. The maximum Gasteiger partial charge on any atom is 0.303 e. The molecule has 0 aliphatic rings. The fourth-order valence-electron chi connectivity index (χ4n) is 2.06. The van der Waals surface area contributed by atoms with Crippen LogP contribution in [0.25, 0.3) is 0 Å². The van der Waals surface area contributed by atoms with Crippen molar-refractivity contribution in [3.05, 3.63) is 35.4 Å². The third-order valence-electron chi connectivity index (χ3n) is 3.32. The summed E-state index contributed by atoms with van der Waals surface area (Å²) in [6.07, 6.45) is 1.61. The smallest absolute Gasteiger partial charge is 0.303 e. The third-order valence-corrected chi connectivity index (χ3v) is 3.32. The molecule has 4 nitrogen and oxygen atoms in total. The van der Waals surface area contributed by atoms with Crippen LogP contribution in [0, 0.1) is 6.92 Å². The molecule has 1 rings (SSSR count). The molecular formula is C16H23NO3. The van der Waals surface area contributed by atoms with E-state index in [0.717, 1.165) is 0 Å². The molecule has 1 amide bonds. The number of amides is 1. The molecule has 0 unspecified atom stereocenters. The Morgan fingerprint density at radius 1 is 1.20 bits per heavy atom. The Bertz CT molecular complexity index is 480. The molecule has 20 heavy (non-hydrogen) atoms. The van der Waals surface area contributed by atoms with Gasteiger partial charge >= 0.3 is 5.97 Å². The van der Waals surface area contributed by atoms with Crippen LogP contribution in [-0.4, -0.2) is 22.5 Å². The maximum atomic E-state index is 11.9. The summed E-state index contributed by atoms with van der Waals surface area (Å²) in [5, 5.41) is 11.6. The first-order valence-corrected chi connectivity index (χ1v) is 6.87. The van der Waals surface area contributed by atoms with Crippen molar-refractivity contribution in [3.8, 4) is 0 Å². The molecule has 0 atom stereocenters. The molecule has 0 saturated carbocycles. The molecule has 0 fully saturated rings. The van der Waals surface area contributed by atoms with E-state index in [9.17, 15) is 9.59 Å². The van der Waals surface area contributed by atoms with Gasteiger partial charge in [0.2, 0.25) is 5.91 Å². The van der Waals surface area contributed by atoms with Crippen molar-refractivity contribution < 1.29 is 14.7 Å². The van der Waals surface area contributed by atoms with Crippen LogP contribution in [0.2, 0.25) is 0 Å². The first kappa shape index (κ1) is 16.2. The average molecular weight is 277 g/mol. The molecule has 0 heterocycles. The Morgan fingerprint density at radius 3 is 2.45 bits per heavy atom. The summed E-state index contributed by atoms with van der Waals surface area (Å²) in [5.74, 6) is -0.879. The summed E-state index contributed by atoms with van der Waals surface area (Å²) < 4.78 is 0. The lowest BCUT2D eigenvalue weighted by atomic mass is 9.97. The van der Waals surface area contributed by atoms with E-state index in [1.54, 1.807) is 0 Å². The van der Waals surface area contributed by atoms with E-state index in [1.807, 2.05) is 45.0 Å². The molecule has 110 valence electrons. The highest BCUT2D eigenvalue weighted by Crippen LogP contribution is 2.13. The first-order valence-electron chi connectivity index (χ1n) is 6.87. The number of carbonyl (C=O) groups is 2. The topological polar surface area (TPSA) is 66.4 Å². The molecule has 4 heteroatoms. The van der Waals surface area contributed by atoms with Crippen LogP contribution in [-0.2, 0) is 16.0 Å². The van der Waals surface area contributed by atoms with Crippen LogP contribution in [0.1, 0.15) is 44.2 Å². The number of nitrogens with one attached hydrogen (secondary N) is 1. The van der Waals surface area contributed by atoms with Gasteiger partial charge in [-0.3, -0.25) is 9.59 Å². The molecule has 0 saturated heterocycles. The van der Waals surface area contributed by atoms with Gasteiger partial charge < -0.3 is 10.4 Å². The van der Waals surface area contributed by atoms with Gasteiger partial charge in [0.05, 0.1) is 0 Å². The second kappa shape index (κ2) is 7.08. The molecule has 1 aromatic carbocycles. The summed E-state index contributed by atoms with van der Waals surface area (Å²) in [6.45, 7) is 5.73. The third kappa shape index (κ3) is 5.87. The van der Waals surface area contributed by atoms with Crippen molar-refractivity contribution in [2.45, 2.75) is 52.0 Å². The summed E-state index contributed by atoms with van der Waals surface area (Å²) in [7, 11) is 0. The van der Waals surface area contributed by atoms with Crippen molar-refractivity contribution in [1.82, 2.24) is 5.32 Å². The van der Waals surface area contributed by atoms with Crippen molar-refractivity contribution in [2.75, 3.05) is 0 Å². The summed E-state index contributed by atoms with van der Waals surface area (Å²) in [5.41, 5.74) is 1.87. The quantitative estimate of drug-likeness (QED) is 0.805. The number of aliphatic carboxylic acids is 1. The summed E-state index contributed by atoms with van der Waals surface area (Å²) in [4.78, 5) is 22.5. The SMILES string of the molecule is Cc1ccccc1CCC(=O)NC(C)(C)CCC(=O)O. The molecule has 2 N–H and O–H groups in total. The molecule has 1 aromatic rings. The van der Waals surface area contributed by atoms with E-state index in [4.69, 9.17) is 5.11 Å². The Balaban J connectivity index is 2.43. The predicted octanol–water partition coefficient (Wildman–Crippen LogP) is 2.69. The van der Waals surface area contributed by atoms with Gasteiger partial charge in [-0.1, -0.05) is 24.3 Å². The number of carbonyl (C=O) groups excluding carboxylic acids is 1. The van der Waals surface area contributed by atoms with E-state index in [2.05, 4.69) is 5.32 Å². The Labute approximate surface area is 120 Å². The minimum Gasteiger partial charge on any atom is -0.481 e. The number of carboxylic acids is 1. The minimum absolute atomic E-state index is 0.0383. The lowest BCUT2D eigenvalue weighted by Gasteiger charge is -2.25. The van der Waals surface area contributed by atoms with Gasteiger partial charge in [0.1, 0.15) is 0 Å². The van der Waals surface area contributed by atoms with Crippen molar-refractivity contribution >= 4 is 11.9 Å². The number of hydrogen-bond donors (Lipinski definition) is 2. The number of aryl methyl sites for hydroxylation is 2. The first-order chi connectivity index (χ1) is 9.30.